The number of nitrogens with zero attached hydrogens (tertiary/aromatic N) is 1. The number of aromatic nitrogens is 1. The summed E-state index contributed by atoms with van der Waals surface area (Å²) in [5.74, 6) is -0.136. The van der Waals surface area contributed by atoms with Crippen molar-refractivity contribution in [3.8, 4) is 10.6 Å². The van der Waals surface area contributed by atoms with E-state index in [4.69, 9.17) is 0 Å². The number of nitrogens with one attached hydrogen (secondary N) is 1. The lowest BCUT2D eigenvalue weighted by atomic mass is 10.2. The summed E-state index contributed by atoms with van der Waals surface area (Å²) < 4.78 is 0. The van der Waals surface area contributed by atoms with Crippen molar-refractivity contribution in [3.05, 3.63) is 64.3 Å². The Kier molecular flexibility index (Phi) is 4.23. The van der Waals surface area contributed by atoms with Gasteiger partial charge in [-0.1, -0.05) is 0 Å². The molecule has 0 aliphatic rings. The molecule has 0 spiro atoms. The van der Waals surface area contributed by atoms with E-state index in [1.807, 2.05) is 46.5 Å². The smallest absolute Gasteiger partial charge is 0.248 e. The van der Waals surface area contributed by atoms with Crippen LogP contribution in [-0.4, -0.2) is 10.9 Å². The van der Waals surface area contributed by atoms with E-state index >= 15 is 0 Å². The minimum atomic E-state index is -0.136. The first-order chi connectivity index (χ1) is 10.3. The van der Waals surface area contributed by atoms with Gasteiger partial charge in [0.2, 0.25) is 5.91 Å². The van der Waals surface area contributed by atoms with Gasteiger partial charge in [0.25, 0.3) is 0 Å². The van der Waals surface area contributed by atoms with E-state index in [1.165, 1.54) is 6.08 Å². The highest BCUT2D eigenvalue weighted by molar-refractivity contribution is 7.13. The first-order valence-electron chi connectivity index (χ1n) is 6.32. The molecule has 2 heterocycles. The Hall–Kier alpha value is -2.24. The molecule has 3 rings (SSSR count). The summed E-state index contributed by atoms with van der Waals surface area (Å²) in [6.45, 7) is 0. The number of hydrogen-bond acceptors (Lipinski definition) is 4. The standard InChI is InChI=1S/C16H12N2OS2/c19-15(6-1-12-7-9-20-11-12)18-14-4-2-13(3-5-14)16-17-8-10-21-16/h1-11H,(H,18,19)/b6-1+. The minimum Gasteiger partial charge on any atom is -0.323 e. The van der Waals surface area contributed by atoms with E-state index in [9.17, 15) is 4.79 Å². The van der Waals surface area contributed by atoms with Crippen LogP contribution in [0.2, 0.25) is 0 Å². The molecule has 21 heavy (non-hydrogen) atoms. The number of rotatable bonds is 4. The van der Waals surface area contributed by atoms with Crippen LogP contribution in [0.25, 0.3) is 16.6 Å². The highest BCUT2D eigenvalue weighted by Gasteiger charge is 2.02. The van der Waals surface area contributed by atoms with E-state index in [2.05, 4.69) is 10.3 Å². The Labute approximate surface area is 130 Å². The Morgan fingerprint density at radius 3 is 2.67 bits per heavy atom. The van der Waals surface area contributed by atoms with Crippen molar-refractivity contribution >= 4 is 40.3 Å². The molecule has 0 atom stereocenters. The molecule has 0 radical (unpaired) electrons. The number of benzene rings is 1. The number of amides is 1. The van der Waals surface area contributed by atoms with Crippen molar-refractivity contribution in [1.82, 2.24) is 4.98 Å². The highest BCUT2D eigenvalue weighted by Crippen LogP contribution is 2.23. The van der Waals surface area contributed by atoms with Crippen molar-refractivity contribution in [1.29, 1.82) is 0 Å². The molecule has 1 aromatic carbocycles. The van der Waals surface area contributed by atoms with Gasteiger partial charge < -0.3 is 5.32 Å². The Morgan fingerprint density at radius 1 is 1.14 bits per heavy atom. The predicted octanol–water partition coefficient (Wildman–Crippen LogP) is 4.52. The molecule has 0 fully saturated rings. The van der Waals surface area contributed by atoms with E-state index < -0.39 is 0 Å². The van der Waals surface area contributed by atoms with Crippen LogP contribution in [0.4, 0.5) is 5.69 Å². The molecule has 0 saturated heterocycles. The zero-order chi connectivity index (χ0) is 14.5. The fourth-order valence-corrected chi connectivity index (χ4v) is 3.06. The normalized spacial score (nSPS) is 10.9. The van der Waals surface area contributed by atoms with Gasteiger partial charge in [0.1, 0.15) is 5.01 Å². The average Bonchev–Trinajstić information content (AvgIpc) is 3.19. The Balaban J connectivity index is 1.64. The first-order valence-corrected chi connectivity index (χ1v) is 8.15. The summed E-state index contributed by atoms with van der Waals surface area (Å²) >= 11 is 3.20. The van der Waals surface area contributed by atoms with Gasteiger partial charge in [-0.2, -0.15) is 11.3 Å². The lowest BCUT2D eigenvalue weighted by molar-refractivity contribution is -0.111. The van der Waals surface area contributed by atoms with Gasteiger partial charge in [0, 0.05) is 28.9 Å². The SMILES string of the molecule is O=C(/C=C/c1ccsc1)Nc1ccc(-c2nccs2)cc1. The number of carbonyl (C=O) groups excluding carboxylic acids is 1. The molecule has 1 amide bonds. The Morgan fingerprint density at radius 2 is 2.00 bits per heavy atom. The van der Waals surface area contributed by atoms with Crippen LogP contribution in [-0.2, 0) is 4.79 Å². The Bertz CT molecular complexity index is 729. The molecule has 1 N–H and O–H groups in total. The van der Waals surface area contributed by atoms with Crippen LogP contribution in [0.3, 0.4) is 0 Å². The summed E-state index contributed by atoms with van der Waals surface area (Å²) in [6, 6.07) is 9.64. The second-order valence-electron chi connectivity index (χ2n) is 4.29. The lowest BCUT2D eigenvalue weighted by Crippen LogP contribution is -2.07. The molecule has 0 aliphatic carbocycles. The fraction of sp³-hybridized carbons (Fsp3) is 0. The molecular weight excluding hydrogens is 300 g/mol. The van der Waals surface area contributed by atoms with Gasteiger partial charge in [-0.3, -0.25) is 4.79 Å². The number of hydrogen-bond donors (Lipinski definition) is 1. The maximum Gasteiger partial charge on any atom is 0.248 e. The van der Waals surface area contributed by atoms with Crippen LogP contribution < -0.4 is 5.32 Å². The topological polar surface area (TPSA) is 42.0 Å². The fourth-order valence-electron chi connectivity index (χ4n) is 1.79. The first kappa shape index (κ1) is 13.7. The zero-order valence-electron chi connectivity index (χ0n) is 11.0. The molecule has 3 nitrogen and oxygen atoms in total. The van der Waals surface area contributed by atoms with Crippen molar-refractivity contribution in [2.75, 3.05) is 5.32 Å². The van der Waals surface area contributed by atoms with Crippen LogP contribution in [0.1, 0.15) is 5.56 Å². The maximum absolute atomic E-state index is 11.8. The van der Waals surface area contributed by atoms with Crippen LogP contribution in [0.5, 0.6) is 0 Å². The number of thiophene rings is 1. The quantitative estimate of drug-likeness (QED) is 0.719. The van der Waals surface area contributed by atoms with Crippen LogP contribution in [0, 0.1) is 0 Å². The van der Waals surface area contributed by atoms with E-state index in [0.29, 0.717) is 0 Å². The number of anilines is 1. The third-order valence-corrected chi connectivity index (χ3v) is 4.33. The molecular formula is C16H12N2OS2. The van der Waals surface area contributed by atoms with Crippen LogP contribution in [0.15, 0.2) is 58.7 Å². The maximum atomic E-state index is 11.8. The van der Waals surface area contributed by atoms with Gasteiger partial charge >= 0.3 is 0 Å². The largest absolute Gasteiger partial charge is 0.323 e. The predicted molar refractivity (Wildman–Crippen MR) is 89.5 cm³/mol. The van der Waals surface area contributed by atoms with E-state index in [-0.39, 0.29) is 5.91 Å². The molecule has 5 heteroatoms. The van der Waals surface area contributed by atoms with E-state index in [0.717, 1.165) is 21.8 Å². The molecule has 0 unspecified atom stereocenters. The van der Waals surface area contributed by atoms with Gasteiger partial charge in [0.15, 0.2) is 0 Å². The van der Waals surface area contributed by atoms with Gasteiger partial charge in [-0.05, 0) is 52.7 Å². The van der Waals surface area contributed by atoms with Crippen molar-refractivity contribution in [2.45, 2.75) is 0 Å². The third kappa shape index (κ3) is 3.65. The van der Waals surface area contributed by atoms with Gasteiger partial charge in [0.05, 0.1) is 0 Å². The monoisotopic (exact) mass is 312 g/mol. The van der Waals surface area contributed by atoms with Crippen molar-refractivity contribution < 1.29 is 4.79 Å². The van der Waals surface area contributed by atoms with Gasteiger partial charge in [-0.15, -0.1) is 11.3 Å². The second-order valence-corrected chi connectivity index (χ2v) is 5.97. The summed E-state index contributed by atoms with van der Waals surface area (Å²) in [6.07, 6.45) is 5.12. The zero-order valence-corrected chi connectivity index (χ0v) is 12.7. The molecule has 0 aliphatic heterocycles. The molecule has 3 aromatic rings. The second kappa shape index (κ2) is 6.47. The summed E-state index contributed by atoms with van der Waals surface area (Å²) in [7, 11) is 0. The average molecular weight is 312 g/mol. The van der Waals surface area contributed by atoms with Crippen molar-refractivity contribution in [2.24, 2.45) is 0 Å². The van der Waals surface area contributed by atoms with E-state index in [1.54, 1.807) is 34.9 Å². The summed E-state index contributed by atoms with van der Waals surface area (Å²) in [5.41, 5.74) is 2.86. The van der Waals surface area contributed by atoms with Crippen LogP contribution >= 0.6 is 22.7 Å². The number of thiazole rings is 1. The molecule has 0 bridgehead atoms. The molecule has 2 aromatic heterocycles. The summed E-state index contributed by atoms with van der Waals surface area (Å²) in [4.78, 5) is 16.1. The third-order valence-electron chi connectivity index (χ3n) is 2.80. The lowest BCUT2D eigenvalue weighted by Gasteiger charge is -2.03. The van der Waals surface area contributed by atoms with Gasteiger partial charge in [-0.25, -0.2) is 4.98 Å². The molecule has 104 valence electrons. The molecule has 0 saturated carbocycles. The minimum absolute atomic E-state index is 0.136. The summed E-state index contributed by atoms with van der Waals surface area (Å²) in [5, 5.41) is 9.73. The van der Waals surface area contributed by atoms with Crippen molar-refractivity contribution in [3.63, 3.8) is 0 Å². The number of carbonyl (C=O) groups is 1. The highest BCUT2D eigenvalue weighted by atomic mass is 32.1.